The number of anilines is 1. The van der Waals surface area contributed by atoms with Crippen molar-refractivity contribution in [3.8, 4) is 0 Å². The van der Waals surface area contributed by atoms with Crippen LogP contribution in [0, 0.1) is 5.82 Å². The highest BCUT2D eigenvalue weighted by molar-refractivity contribution is 7.98. The highest BCUT2D eigenvalue weighted by Crippen LogP contribution is 2.23. The Morgan fingerprint density at radius 2 is 1.50 bits per heavy atom. The number of thioether (sulfide) groups is 1. The van der Waals surface area contributed by atoms with Crippen LogP contribution in [0.25, 0.3) is 0 Å². The molecule has 26 heavy (non-hydrogen) atoms. The molecule has 3 rings (SSSR count). The highest BCUT2D eigenvalue weighted by atomic mass is 32.2. The Balaban J connectivity index is 1.45. The average molecular weight is 383 g/mol. The number of thiocarbonyl (C=S) groups is 1. The molecule has 0 aliphatic carbocycles. The summed E-state index contributed by atoms with van der Waals surface area (Å²) in [5.41, 5.74) is 3.17. The first-order valence-corrected chi connectivity index (χ1v) is 9.64. The van der Waals surface area contributed by atoms with Gasteiger partial charge in [-0.3, -0.25) is 0 Å². The van der Waals surface area contributed by atoms with Gasteiger partial charge in [-0.2, -0.15) is 0 Å². The fourth-order valence-electron chi connectivity index (χ4n) is 2.33. The van der Waals surface area contributed by atoms with Crippen LogP contribution in [0.15, 0.2) is 83.8 Å². The quantitative estimate of drug-likeness (QED) is 0.428. The summed E-state index contributed by atoms with van der Waals surface area (Å²) in [7, 11) is 0. The summed E-state index contributed by atoms with van der Waals surface area (Å²) in [5, 5.41) is 6.83. The molecule has 0 radical (unpaired) electrons. The van der Waals surface area contributed by atoms with Crippen LogP contribution in [0.2, 0.25) is 0 Å². The third-order valence-corrected chi connectivity index (χ3v) is 5.06. The molecule has 0 aliphatic rings. The van der Waals surface area contributed by atoms with E-state index in [0.29, 0.717) is 11.7 Å². The lowest BCUT2D eigenvalue weighted by Gasteiger charge is -2.11. The molecule has 0 saturated carbocycles. The molecule has 0 fully saturated rings. The van der Waals surface area contributed by atoms with Crippen molar-refractivity contribution >= 4 is 34.8 Å². The zero-order chi connectivity index (χ0) is 18.2. The van der Waals surface area contributed by atoms with Crippen molar-refractivity contribution in [1.29, 1.82) is 0 Å². The number of benzene rings is 3. The van der Waals surface area contributed by atoms with E-state index in [4.69, 9.17) is 12.2 Å². The van der Waals surface area contributed by atoms with Gasteiger partial charge in [0.2, 0.25) is 0 Å². The zero-order valence-corrected chi connectivity index (χ0v) is 15.7. The van der Waals surface area contributed by atoms with Crippen LogP contribution in [0.3, 0.4) is 0 Å². The second-order valence-corrected chi connectivity index (χ2v) is 7.19. The number of hydrogen-bond acceptors (Lipinski definition) is 2. The minimum absolute atomic E-state index is 0.236. The van der Waals surface area contributed by atoms with Crippen molar-refractivity contribution in [3.63, 3.8) is 0 Å². The van der Waals surface area contributed by atoms with Gasteiger partial charge in [0.1, 0.15) is 5.82 Å². The molecule has 5 heteroatoms. The largest absolute Gasteiger partial charge is 0.358 e. The molecule has 0 aromatic heterocycles. The van der Waals surface area contributed by atoms with Crippen LogP contribution in [0.4, 0.5) is 10.1 Å². The van der Waals surface area contributed by atoms with Gasteiger partial charge >= 0.3 is 0 Å². The van der Waals surface area contributed by atoms with Gasteiger partial charge in [0.05, 0.1) is 0 Å². The Bertz CT molecular complexity index is 834. The van der Waals surface area contributed by atoms with Crippen molar-refractivity contribution < 1.29 is 4.39 Å². The molecule has 0 amide bonds. The standard InChI is InChI=1S/C21H19FN2S2/c22-18-10-6-16(7-11-18)14-23-21(25)24-19-12-8-17(9-13-19)15-26-20-4-2-1-3-5-20/h1-13H,14-15H2,(H2,23,24,25). The number of rotatable bonds is 6. The van der Waals surface area contributed by atoms with E-state index in [1.54, 1.807) is 12.1 Å². The fourth-order valence-corrected chi connectivity index (χ4v) is 3.39. The van der Waals surface area contributed by atoms with Crippen LogP contribution in [0.5, 0.6) is 0 Å². The Morgan fingerprint density at radius 3 is 2.19 bits per heavy atom. The Hall–Kier alpha value is -2.37. The van der Waals surface area contributed by atoms with Gasteiger partial charge in [-0.15, -0.1) is 11.8 Å². The predicted octanol–water partition coefficient (Wildman–Crippen LogP) is 5.60. The summed E-state index contributed by atoms with van der Waals surface area (Å²) in [4.78, 5) is 1.26. The molecule has 3 aromatic carbocycles. The summed E-state index contributed by atoms with van der Waals surface area (Å²) >= 11 is 7.12. The van der Waals surface area contributed by atoms with E-state index >= 15 is 0 Å². The minimum Gasteiger partial charge on any atom is -0.358 e. The van der Waals surface area contributed by atoms with Gasteiger partial charge in [0.25, 0.3) is 0 Å². The molecular weight excluding hydrogens is 363 g/mol. The normalized spacial score (nSPS) is 10.3. The van der Waals surface area contributed by atoms with E-state index in [2.05, 4.69) is 47.0 Å². The average Bonchev–Trinajstić information content (AvgIpc) is 2.68. The van der Waals surface area contributed by atoms with Crippen molar-refractivity contribution in [3.05, 3.63) is 95.8 Å². The van der Waals surface area contributed by atoms with E-state index in [9.17, 15) is 4.39 Å². The van der Waals surface area contributed by atoms with E-state index in [1.807, 2.05) is 30.0 Å². The van der Waals surface area contributed by atoms with Crippen LogP contribution in [-0.2, 0) is 12.3 Å². The second kappa shape index (κ2) is 9.36. The topological polar surface area (TPSA) is 24.1 Å². The number of halogens is 1. The lowest BCUT2D eigenvalue weighted by Crippen LogP contribution is -2.27. The molecule has 0 bridgehead atoms. The van der Waals surface area contributed by atoms with Crippen molar-refractivity contribution in [1.82, 2.24) is 5.32 Å². The number of hydrogen-bond donors (Lipinski definition) is 2. The molecular formula is C21H19FN2S2. The Kier molecular flexibility index (Phi) is 6.63. The first-order chi connectivity index (χ1) is 12.7. The van der Waals surface area contributed by atoms with Crippen LogP contribution < -0.4 is 10.6 Å². The molecule has 0 aliphatic heterocycles. The van der Waals surface area contributed by atoms with Crippen molar-refractivity contribution in [2.75, 3.05) is 5.32 Å². The van der Waals surface area contributed by atoms with Gasteiger partial charge < -0.3 is 10.6 Å². The first kappa shape index (κ1) is 18.4. The smallest absolute Gasteiger partial charge is 0.171 e. The molecule has 2 nitrogen and oxygen atoms in total. The van der Waals surface area contributed by atoms with E-state index in [0.717, 1.165) is 17.0 Å². The Labute approximate surface area is 162 Å². The van der Waals surface area contributed by atoms with Gasteiger partial charge in [0, 0.05) is 22.9 Å². The predicted molar refractivity (Wildman–Crippen MR) is 112 cm³/mol. The summed E-state index contributed by atoms with van der Waals surface area (Å²) < 4.78 is 12.9. The maximum absolute atomic E-state index is 12.9. The molecule has 132 valence electrons. The maximum atomic E-state index is 12.9. The third-order valence-electron chi connectivity index (χ3n) is 3.73. The molecule has 0 unspecified atom stereocenters. The maximum Gasteiger partial charge on any atom is 0.171 e. The van der Waals surface area contributed by atoms with E-state index < -0.39 is 0 Å². The van der Waals surface area contributed by atoms with Crippen LogP contribution in [0.1, 0.15) is 11.1 Å². The van der Waals surface area contributed by atoms with E-state index in [-0.39, 0.29) is 5.82 Å². The lowest BCUT2D eigenvalue weighted by molar-refractivity contribution is 0.627. The first-order valence-electron chi connectivity index (χ1n) is 8.25. The van der Waals surface area contributed by atoms with Crippen LogP contribution in [-0.4, -0.2) is 5.11 Å². The molecule has 3 aromatic rings. The van der Waals surface area contributed by atoms with Crippen molar-refractivity contribution in [2.45, 2.75) is 17.2 Å². The summed E-state index contributed by atoms with van der Waals surface area (Å²) in [6.07, 6.45) is 0. The Morgan fingerprint density at radius 1 is 0.846 bits per heavy atom. The molecule has 0 saturated heterocycles. The summed E-state index contributed by atoms with van der Waals surface area (Å²) in [6.45, 7) is 0.553. The molecule has 0 heterocycles. The SMILES string of the molecule is Fc1ccc(CNC(=S)Nc2ccc(CSc3ccccc3)cc2)cc1. The lowest BCUT2D eigenvalue weighted by atomic mass is 10.2. The van der Waals surface area contributed by atoms with Gasteiger partial charge in [-0.05, 0) is 59.7 Å². The fraction of sp³-hybridized carbons (Fsp3) is 0.0952. The minimum atomic E-state index is -0.236. The number of nitrogens with one attached hydrogen (secondary N) is 2. The molecule has 0 spiro atoms. The highest BCUT2D eigenvalue weighted by Gasteiger charge is 2.00. The van der Waals surface area contributed by atoms with Gasteiger partial charge in [0.15, 0.2) is 5.11 Å². The van der Waals surface area contributed by atoms with E-state index in [1.165, 1.54) is 22.6 Å². The molecule has 2 N–H and O–H groups in total. The monoisotopic (exact) mass is 382 g/mol. The zero-order valence-electron chi connectivity index (χ0n) is 14.1. The van der Waals surface area contributed by atoms with Crippen molar-refractivity contribution in [2.24, 2.45) is 0 Å². The summed E-state index contributed by atoms with van der Waals surface area (Å²) in [5.74, 6) is 0.692. The van der Waals surface area contributed by atoms with Gasteiger partial charge in [-0.1, -0.05) is 42.5 Å². The third kappa shape index (κ3) is 5.86. The van der Waals surface area contributed by atoms with Gasteiger partial charge in [-0.25, -0.2) is 4.39 Å². The molecule has 0 atom stereocenters. The summed E-state index contributed by atoms with van der Waals surface area (Å²) in [6, 6.07) is 25.0. The van der Waals surface area contributed by atoms with Crippen LogP contribution >= 0.6 is 24.0 Å². The second-order valence-electron chi connectivity index (χ2n) is 5.73.